The Morgan fingerprint density at radius 2 is 1.00 bits per heavy atom. The van der Waals surface area contributed by atoms with Crippen LogP contribution in [-0.4, -0.2) is 16.2 Å². The van der Waals surface area contributed by atoms with Crippen molar-refractivity contribution in [2.24, 2.45) is 0 Å². The van der Waals surface area contributed by atoms with Gasteiger partial charge in [0.05, 0.1) is 0 Å². The van der Waals surface area contributed by atoms with Gasteiger partial charge in [-0.05, 0) is 74.8 Å². The number of aryl methyl sites for hydroxylation is 4. The number of anilines is 2. The Labute approximate surface area is 405 Å². The molecule has 2 aliphatic heterocycles. The zero-order valence-electron chi connectivity index (χ0n) is 39.1. The third-order valence-corrected chi connectivity index (χ3v) is 18.2. The molecule has 0 amide bonds. The first-order valence-corrected chi connectivity index (χ1v) is 31.5. The van der Waals surface area contributed by atoms with Gasteiger partial charge >= 0.3 is 127 Å². The van der Waals surface area contributed by atoms with Crippen LogP contribution in [0.1, 0.15) is 118 Å². The van der Waals surface area contributed by atoms with Crippen molar-refractivity contribution >= 4 is 50.5 Å². The van der Waals surface area contributed by atoms with Crippen molar-refractivity contribution in [2.75, 3.05) is 16.3 Å². The number of para-hydroxylation sites is 2. The molecule has 1 aliphatic carbocycles. The van der Waals surface area contributed by atoms with Gasteiger partial charge < -0.3 is 9.80 Å². The summed E-state index contributed by atoms with van der Waals surface area (Å²) < 4.78 is 1.34. The predicted molar refractivity (Wildman–Crippen MR) is 284 cm³/mol. The fraction of sp³-hybridized carbons (Fsp3) is 0.305. The second-order valence-electron chi connectivity index (χ2n) is 18.4. The molecule has 2 saturated heterocycles. The van der Waals surface area contributed by atoms with Gasteiger partial charge in [-0.15, -0.1) is 10.8 Å². The van der Waals surface area contributed by atoms with Crippen molar-refractivity contribution in [3.8, 4) is 0 Å². The van der Waals surface area contributed by atoms with Gasteiger partial charge in [-0.2, -0.15) is 0 Å². The number of hydrogen-bond acceptors (Lipinski definition) is 2. The number of fused-ring (bicyclic) bond motifs is 1. The zero-order valence-corrected chi connectivity index (χ0v) is 43.8. The van der Waals surface area contributed by atoms with E-state index in [0.29, 0.717) is 0 Å². The quantitative estimate of drug-likeness (QED) is 0.0809. The second-order valence-corrected chi connectivity index (χ2v) is 29.0. The summed E-state index contributed by atoms with van der Waals surface area (Å²) in [6.07, 6.45) is 8.92. The van der Waals surface area contributed by atoms with Crippen LogP contribution >= 0.6 is 29.4 Å². The van der Waals surface area contributed by atoms with Crippen LogP contribution in [0.15, 0.2) is 158 Å². The van der Waals surface area contributed by atoms with Crippen molar-refractivity contribution in [3.05, 3.63) is 221 Å². The van der Waals surface area contributed by atoms with Crippen molar-refractivity contribution in [1.82, 2.24) is 0 Å². The monoisotopic (exact) mass is 1070 g/mol. The molecule has 9 rings (SSSR count). The van der Waals surface area contributed by atoms with Crippen LogP contribution in [0.2, 0.25) is 0 Å². The van der Waals surface area contributed by atoms with Gasteiger partial charge in [-0.1, -0.05) is 156 Å². The number of halogens is 2. The van der Waals surface area contributed by atoms with Crippen LogP contribution in [0.4, 0.5) is 11.4 Å². The first-order valence-electron chi connectivity index (χ1n) is 23.2. The van der Waals surface area contributed by atoms with Crippen molar-refractivity contribution in [2.45, 2.75) is 110 Å². The Balaban J connectivity index is 0.000000145. The molecule has 0 spiro atoms. The minimum atomic E-state index is -1.38. The average Bonchev–Trinajstić information content (AvgIpc) is 4.00. The Bertz CT molecular complexity index is 2520. The molecule has 5 heteroatoms. The summed E-state index contributed by atoms with van der Waals surface area (Å²) in [5, 5.41) is 0. The van der Waals surface area contributed by atoms with Gasteiger partial charge in [0.15, 0.2) is 0 Å². The summed E-state index contributed by atoms with van der Waals surface area (Å²) in [4.78, 5) is 5.07. The van der Waals surface area contributed by atoms with E-state index < -0.39 is 11.0 Å². The summed E-state index contributed by atoms with van der Waals surface area (Å²) in [7, 11) is 5.03. The zero-order chi connectivity index (χ0) is 45.5. The number of nitrogens with zero attached hydrogens (tertiary/aromatic N) is 2. The van der Waals surface area contributed by atoms with Crippen LogP contribution in [0.3, 0.4) is 0 Å². The molecule has 2 atom stereocenters. The van der Waals surface area contributed by atoms with Gasteiger partial charge in [0.2, 0.25) is 0 Å². The van der Waals surface area contributed by atoms with Crippen LogP contribution in [0.25, 0.3) is 5.57 Å². The third-order valence-electron chi connectivity index (χ3n) is 13.5. The van der Waals surface area contributed by atoms with E-state index in [2.05, 4.69) is 250 Å². The van der Waals surface area contributed by atoms with Crippen LogP contribution < -0.4 is 9.80 Å². The number of allylic oxidation sites excluding steroid dienone is 1. The second kappa shape index (κ2) is 21.2. The minimum absolute atomic E-state index is 0.0800. The average molecular weight is 1070 g/mol. The molecule has 336 valence electrons. The molecule has 0 N–H and O–H groups in total. The molecule has 0 radical (unpaired) electrons. The summed E-state index contributed by atoms with van der Waals surface area (Å²) in [6, 6.07) is 54.5. The molecule has 64 heavy (non-hydrogen) atoms. The molecule has 2 heterocycles. The first-order chi connectivity index (χ1) is 30.9. The van der Waals surface area contributed by atoms with Crippen LogP contribution in [-0.2, 0) is 47.5 Å². The van der Waals surface area contributed by atoms with Gasteiger partial charge in [0, 0.05) is 16.9 Å². The van der Waals surface area contributed by atoms with Crippen LogP contribution in [0, 0.1) is 13.1 Å². The molecular formula is C59H66ClIN2Ru-2. The number of rotatable bonds is 9. The maximum absolute atomic E-state index is 6.41. The fourth-order valence-corrected chi connectivity index (χ4v) is 13.9. The molecule has 0 saturated carbocycles. The molecule has 0 bridgehead atoms. The van der Waals surface area contributed by atoms with Crippen molar-refractivity contribution < 1.29 is 11.0 Å². The topological polar surface area (TPSA) is 6.48 Å². The van der Waals surface area contributed by atoms with E-state index in [4.69, 9.17) is 9.69 Å². The Morgan fingerprint density at radius 1 is 0.547 bits per heavy atom. The number of benzene rings is 6. The Morgan fingerprint density at radius 3 is 1.50 bits per heavy atom. The summed E-state index contributed by atoms with van der Waals surface area (Å²) in [5.74, 6) is 0. The van der Waals surface area contributed by atoms with Gasteiger partial charge in [0.25, 0.3) is 0 Å². The maximum atomic E-state index is 6.41. The molecule has 2 unspecified atom stereocenters. The molecule has 2 nitrogen and oxygen atoms in total. The molecule has 0 aromatic heterocycles. The molecule has 3 aliphatic rings. The van der Waals surface area contributed by atoms with E-state index in [-0.39, 0.29) is 16.4 Å². The van der Waals surface area contributed by atoms with Crippen molar-refractivity contribution in [1.29, 1.82) is 0 Å². The normalized spacial score (nSPS) is 21.0. The van der Waals surface area contributed by atoms with E-state index in [1.165, 1.54) is 77.5 Å². The standard InChI is InChI=1S/C23H30N.C21H26N.C15H10.ClH.HI.Ru/c1-6-18-12-11-13-19(7-2)21(18)24-17-23(5,16-22(24,3)4)20-14-9-8-10-15-20;1-4-17-10-9-11-18(5-2)20(17)22-15-14-21(3,16-22)19-12-7-6-8-13-19;1-2-6-12(7-3-1)15-11-10-13-8-4-5-9-14(13)15;;;/h8-15,17H,6-7,16H2,1-5H3;6-13,16H,4-5,14-15H2,1-3H3;1-9,11H;2*1H;/q2*-1;;;;+2/p-2. The first kappa shape index (κ1) is 48.1. The Kier molecular flexibility index (Phi) is 15.9. The fourth-order valence-electron chi connectivity index (χ4n) is 10.2. The summed E-state index contributed by atoms with van der Waals surface area (Å²) >= 11 is 2.40. The van der Waals surface area contributed by atoms with Gasteiger partial charge in [-0.25, -0.2) is 13.1 Å². The summed E-state index contributed by atoms with van der Waals surface area (Å²) in [6.45, 7) is 24.6. The third kappa shape index (κ3) is 10.4. The number of hydrogen-bond donors (Lipinski definition) is 0. The molecule has 2 fully saturated rings. The van der Waals surface area contributed by atoms with Crippen molar-refractivity contribution in [3.63, 3.8) is 0 Å². The van der Waals surface area contributed by atoms with Gasteiger partial charge in [0.1, 0.15) is 0 Å². The van der Waals surface area contributed by atoms with E-state index in [1.807, 2.05) is 6.07 Å². The van der Waals surface area contributed by atoms with E-state index >= 15 is 0 Å². The van der Waals surface area contributed by atoms with E-state index in [0.717, 1.165) is 38.6 Å². The van der Waals surface area contributed by atoms with Gasteiger partial charge in [-0.3, -0.25) is 0 Å². The predicted octanol–water partition coefficient (Wildman–Crippen LogP) is 15.8. The summed E-state index contributed by atoms with van der Waals surface area (Å²) in [5.41, 5.74) is 17.1. The SMILES string of the molecule is CCc1cccc(CC)c1N1[CH-]C(C)(c2ccccc2)CC1.CCc1cccc(CC)c1N1[CH-]C(C)(c2ccccc2)CC1(C)C.[Cl]/[Ru]([I])=[C]1\C=C(c2ccccc2)c2ccccc21. The van der Waals surface area contributed by atoms with Crippen LogP contribution in [0.5, 0.6) is 0 Å². The van der Waals surface area contributed by atoms with E-state index in [1.54, 1.807) is 0 Å². The van der Waals surface area contributed by atoms with E-state index in [9.17, 15) is 0 Å². The molecular weight excluding hydrogens is 1000 g/mol. The molecule has 6 aromatic rings. The Hall–Kier alpha value is -3.83. The molecule has 6 aromatic carbocycles.